The van der Waals surface area contributed by atoms with E-state index < -0.39 is 0 Å². The summed E-state index contributed by atoms with van der Waals surface area (Å²) in [6.45, 7) is 0. The maximum absolute atomic E-state index is 12.3. The molecule has 120 valence electrons. The number of halogens is 1. The number of nitrogens with one attached hydrogen (secondary N) is 1. The van der Waals surface area contributed by atoms with Gasteiger partial charge >= 0.3 is 0 Å². The second kappa shape index (κ2) is 6.09. The zero-order valence-corrected chi connectivity index (χ0v) is 13.5. The van der Waals surface area contributed by atoms with Crippen LogP contribution >= 0.6 is 11.6 Å². The summed E-state index contributed by atoms with van der Waals surface area (Å²) in [5, 5.41) is 7.48. The fourth-order valence-electron chi connectivity index (χ4n) is 2.39. The summed E-state index contributed by atoms with van der Waals surface area (Å²) in [5.41, 5.74) is 2.02. The highest BCUT2D eigenvalue weighted by molar-refractivity contribution is 6.30. The minimum atomic E-state index is -0.199. The molecule has 4 rings (SSSR count). The smallest absolute Gasteiger partial charge is 0.255 e. The number of rotatable bonds is 4. The topological polar surface area (TPSA) is 68.0 Å². The molecular weight excluding hydrogens is 326 g/mol. The van der Waals surface area contributed by atoms with Gasteiger partial charge in [0, 0.05) is 27.8 Å². The first-order valence-corrected chi connectivity index (χ1v) is 8.08. The lowest BCUT2D eigenvalue weighted by atomic mass is 10.1. The normalized spacial score (nSPS) is 13.7. The van der Waals surface area contributed by atoms with E-state index in [1.807, 2.05) is 24.3 Å². The summed E-state index contributed by atoms with van der Waals surface area (Å²) >= 11 is 5.84. The van der Waals surface area contributed by atoms with Crippen molar-refractivity contribution in [2.45, 2.75) is 18.8 Å². The first kappa shape index (κ1) is 14.9. The molecule has 1 heterocycles. The van der Waals surface area contributed by atoms with Gasteiger partial charge in [0.25, 0.3) is 5.91 Å². The van der Waals surface area contributed by atoms with Crippen molar-refractivity contribution in [2.24, 2.45) is 0 Å². The Balaban J connectivity index is 1.53. The monoisotopic (exact) mass is 339 g/mol. The lowest BCUT2D eigenvalue weighted by Crippen LogP contribution is -2.11. The van der Waals surface area contributed by atoms with Crippen LogP contribution in [-0.2, 0) is 0 Å². The van der Waals surface area contributed by atoms with E-state index in [9.17, 15) is 4.79 Å². The van der Waals surface area contributed by atoms with Crippen LogP contribution in [0.1, 0.15) is 35.0 Å². The van der Waals surface area contributed by atoms with E-state index in [4.69, 9.17) is 16.1 Å². The molecule has 1 saturated carbocycles. The third-order valence-electron chi connectivity index (χ3n) is 3.85. The van der Waals surface area contributed by atoms with Crippen molar-refractivity contribution in [1.82, 2.24) is 10.1 Å². The first-order valence-electron chi connectivity index (χ1n) is 7.70. The molecule has 3 aromatic rings. The summed E-state index contributed by atoms with van der Waals surface area (Å²) < 4.78 is 5.28. The van der Waals surface area contributed by atoms with E-state index in [2.05, 4.69) is 15.5 Å². The van der Waals surface area contributed by atoms with Gasteiger partial charge in [0.15, 0.2) is 0 Å². The number of aromatic nitrogens is 2. The van der Waals surface area contributed by atoms with Crippen LogP contribution in [0.5, 0.6) is 0 Å². The molecule has 1 N–H and O–H groups in total. The largest absolute Gasteiger partial charge is 0.339 e. The summed E-state index contributed by atoms with van der Waals surface area (Å²) in [7, 11) is 0. The lowest BCUT2D eigenvalue weighted by molar-refractivity contribution is 0.102. The van der Waals surface area contributed by atoms with Gasteiger partial charge < -0.3 is 9.84 Å². The predicted octanol–water partition coefficient (Wildman–Crippen LogP) is 4.52. The number of amides is 1. The molecular formula is C18H14ClN3O2. The molecule has 0 spiro atoms. The van der Waals surface area contributed by atoms with E-state index in [0.717, 1.165) is 18.4 Å². The number of carbonyl (C=O) groups is 1. The number of anilines is 1. The van der Waals surface area contributed by atoms with Gasteiger partial charge in [-0.05, 0) is 49.2 Å². The van der Waals surface area contributed by atoms with Crippen LogP contribution in [0, 0.1) is 0 Å². The average molecular weight is 340 g/mol. The van der Waals surface area contributed by atoms with Crippen molar-refractivity contribution in [3.05, 3.63) is 65.0 Å². The van der Waals surface area contributed by atoms with Gasteiger partial charge in [0.1, 0.15) is 0 Å². The highest BCUT2D eigenvalue weighted by Gasteiger charge is 2.29. The Bertz CT molecular complexity index is 885. The van der Waals surface area contributed by atoms with E-state index in [1.54, 1.807) is 24.3 Å². The van der Waals surface area contributed by atoms with Crippen molar-refractivity contribution in [2.75, 3.05) is 5.32 Å². The highest BCUT2D eigenvalue weighted by Crippen LogP contribution is 2.39. The molecule has 0 saturated heterocycles. The second-order valence-electron chi connectivity index (χ2n) is 5.77. The van der Waals surface area contributed by atoms with Crippen molar-refractivity contribution in [3.63, 3.8) is 0 Å². The summed E-state index contributed by atoms with van der Waals surface area (Å²) in [6.07, 6.45) is 2.22. The van der Waals surface area contributed by atoms with Crippen LogP contribution in [0.15, 0.2) is 53.1 Å². The second-order valence-corrected chi connectivity index (χ2v) is 6.21. The molecule has 2 aromatic carbocycles. The standard InChI is InChI=1S/C18H14ClN3O2/c19-14-8-6-11(7-9-14)17(23)20-15-3-1-2-13(10-15)16-21-18(24-22-16)12-4-5-12/h1-3,6-10,12H,4-5H2,(H,20,23). The van der Waals surface area contributed by atoms with Crippen molar-refractivity contribution < 1.29 is 9.32 Å². The molecule has 1 aliphatic rings. The summed E-state index contributed by atoms with van der Waals surface area (Å²) in [6, 6.07) is 14.1. The Kier molecular flexibility index (Phi) is 3.78. The fourth-order valence-corrected chi connectivity index (χ4v) is 2.52. The predicted molar refractivity (Wildman–Crippen MR) is 91.1 cm³/mol. The number of hydrogen-bond acceptors (Lipinski definition) is 4. The SMILES string of the molecule is O=C(Nc1cccc(-c2noc(C3CC3)n2)c1)c1ccc(Cl)cc1. The Hall–Kier alpha value is -2.66. The molecule has 1 fully saturated rings. The van der Waals surface area contributed by atoms with Gasteiger partial charge in [0.2, 0.25) is 11.7 Å². The van der Waals surface area contributed by atoms with Crippen LogP contribution in [0.2, 0.25) is 5.02 Å². The molecule has 1 aliphatic carbocycles. The van der Waals surface area contributed by atoms with Gasteiger partial charge in [-0.3, -0.25) is 4.79 Å². The van der Waals surface area contributed by atoms with E-state index in [0.29, 0.717) is 33.9 Å². The number of carbonyl (C=O) groups excluding carboxylic acids is 1. The minimum Gasteiger partial charge on any atom is -0.339 e. The quantitative estimate of drug-likeness (QED) is 0.758. The molecule has 6 heteroatoms. The number of benzene rings is 2. The van der Waals surface area contributed by atoms with E-state index in [1.165, 1.54) is 0 Å². The first-order chi connectivity index (χ1) is 11.7. The molecule has 0 radical (unpaired) electrons. The minimum absolute atomic E-state index is 0.199. The number of hydrogen-bond donors (Lipinski definition) is 1. The van der Waals surface area contributed by atoms with Crippen LogP contribution in [0.3, 0.4) is 0 Å². The molecule has 1 amide bonds. The van der Waals surface area contributed by atoms with Crippen molar-refractivity contribution in [1.29, 1.82) is 0 Å². The summed E-state index contributed by atoms with van der Waals surface area (Å²) in [4.78, 5) is 16.7. The molecule has 1 aromatic heterocycles. The Morgan fingerprint density at radius 2 is 1.96 bits per heavy atom. The van der Waals surface area contributed by atoms with Gasteiger partial charge in [0.05, 0.1) is 0 Å². The van der Waals surface area contributed by atoms with Gasteiger partial charge in [-0.15, -0.1) is 0 Å². The van der Waals surface area contributed by atoms with Crippen LogP contribution in [0.4, 0.5) is 5.69 Å². The number of nitrogens with zero attached hydrogens (tertiary/aromatic N) is 2. The third-order valence-corrected chi connectivity index (χ3v) is 4.11. The van der Waals surface area contributed by atoms with Crippen molar-refractivity contribution in [3.8, 4) is 11.4 Å². The van der Waals surface area contributed by atoms with E-state index in [-0.39, 0.29) is 5.91 Å². The molecule has 0 unspecified atom stereocenters. The van der Waals surface area contributed by atoms with E-state index >= 15 is 0 Å². The third kappa shape index (κ3) is 3.16. The Morgan fingerprint density at radius 3 is 2.71 bits per heavy atom. The van der Waals surface area contributed by atoms with Crippen LogP contribution < -0.4 is 5.32 Å². The Morgan fingerprint density at radius 1 is 1.17 bits per heavy atom. The zero-order chi connectivity index (χ0) is 16.5. The fraction of sp³-hybridized carbons (Fsp3) is 0.167. The molecule has 0 atom stereocenters. The van der Waals surface area contributed by atoms with Gasteiger partial charge in [-0.2, -0.15) is 4.98 Å². The maximum Gasteiger partial charge on any atom is 0.255 e. The average Bonchev–Trinajstić information content (AvgIpc) is 3.33. The lowest BCUT2D eigenvalue weighted by Gasteiger charge is -2.06. The van der Waals surface area contributed by atoms with Crippen LogP contribution in [-0.4, -0.2) is 16.0 Å². The van der Waals surface area contributed by atoms with Gasteiger partial charge in [-0.25, -0.2) is 0 Å². The highest BCUT2D eigenvalue weighted by atomic mass is 35.5. The van der Waals surface area contributed by atoms with Gasteiger partial charge in [-0.1, -0.05) is 28.9 Å². The van der Waals surface area contributed by atoms with Crippen LogP contribution in [0.25, 0.3) is 11.4 Å². The van der Waals surface area contributed by atoms with Crippen molar-refractivity contribution >= 4 is 23.2 Å². The molecule has 24 heavy (non-hydrogen) atoms. The molecule has 5 nitrogen and oxygen atoms in total. The maximum atomic E-state index is 12.3. The molecule has 0 aliphatic heterocycles. The summed E-state index contributed by atoms with van der Waals surface area (Å²) in [5.74, 6) is 1.45. The molecule has 0 bridgehead atoms. The Labute approximate surface area is 143 Å². The zero-order valence-electron chi connectivity index (χ0n) is 12.7.